The molecule has 0 unspecified atom stereocenters. The number of aromatic nitrogens is 4. The van der Waals surface area contributed by atoms with E-state index in [1.807, 2.05) is 0 Å². The van der Waals surface area contributed by atoms with Crippen LogP contribution in [0.4, 0.5) is 13.2 Å². The highest BCUT2D eigenvalue weighted by Crippen LogP contribution is 2.30. The second-order valence-electron chi connectivity index (χ2n) is 4.08. The summed E-state index contributed by atoms with van der Waals surface area (Å²) in [5, 5.41) is 0. The van der Waals surface area contributed by atoms with E-state index in [4.69, 9.17) is 0 Å². The van der Waals surface area contributed by atoms with Gasteiger partial charge >= 0.3 is 6.18 Å². The van der Waals surface area contributed by atoms with Crippen LogP contribution in [0.1, 0.15) is 5.56 Å². The molecule has 0 atom stereocenters. The molecule has 2 heterocycles. The van der Waals surface area contributed by atoms with Gasteiger partial charge in [0.1, 0.15) is 6.33 Å². The van der Waals surface area contributed by atoms with E-state index in [0.29, 0.717) is 16.8 Å². The van der Waals surface area contributed by atoms with Crippen molar-refractivity contribution in [2.24, 2.45) is 0 Å². The summed E-state index contributed by atoms with van der Waals surface area (Å²) in [6.07, 6.45) is 1.52. The maximum Gasteiger partial charge on any atom is 0.416 e. The standard InChI is InChI=1S/C13H7F3N4/c14-13(15,16)9-1-2-10-11(3-9)19-6-12(20-10)8-4-17-7-18-5-8/h1-7H. The van der Waals surface area contributed by atoms with Crippen LogP contribution < -0.4 is 0 Å². The molecule has 20 heavy (non-hydrogen) atoms. The van der Waals surface area contributed by atoms with Crippen LogP contribution >= 0.6 is 0 Å². The Balaban J connectivity index is 2.10. The van der Waals surface area contributed by atoms with E-state index in [1.54, 1.807) is 12.4 Å². The fourth-order valence-corrected chi connectivity index (χ4v) is 1.76. The number of alkyl halides is 3. The molecular weight excluding hydrogens is 269 g/mol. The first kappa shape index (κ1) is 12.5. The zero-order valence-electron chi connectivity index (χ0n) is 9.96. The van der Waals surface area contributed by atoms with E-state index >= 15 is 0 Å². The van der Waals surface area contributed by atoms with Crippen molar-refractivity contribution in [3.63, 3.8) is 0 Å². The second kappa shape index (κ2) is 4.52. The van der Waals surface area contributed by atoms with Gasteiger partial charge in [0.15, 0.2) is 0 Å². The zero-order valence-corrected chi connectivity index (χ0v) is 9.96. The minimum Gasteiger partial charge on any atom is -0.252 e. The van der Waals surface area contributed by atoms with Crippen LogP contribution in [0, 0.1) is 0 Å². The Kier molecular flexibility index (Phi) is 2.81. The summed E-state index contributed by atoms with van der Waals surface area (Å²) >= 11 is 0. The molecule has 100 valence electrons. The molecule has 0 N–H and O–H groups in total. The minimum absolute atomic E-state index is 0.195. The quantitative estimate of drug-likeness (QED) is 0.685. The third kappa shape index (κ3) is 2.29. The Hall–Kier alpha value is -2.57. The summed E-state index contributed by atoms with van der Waals surface area (Å²) in [5.74, 6) is 0. The minimum atomic E-state index is -4.39. The second-order valence-corrected chi connectivity index (χ2v) is 4.08. The highest BCUT2D eigenvalue weighted by Gasteiger charge is 2.30. The van der Waals surface area contributed by atoms with Crippen LogP contribution in [-0.4, -0.2) is 19.9 Å². The molecule has 1 aromatic carbocycles. The molecule has 0 bridgehead atoms. The monoisotopic (exact) mass is 276 g/mol. The lowest BCUT2D eigenvalue weighted by Crippen LogP contribution is -2.04. The Labute approximate surface area is 111 Å². The number of fused-ring (bicyclic) bond motifs is 1. The van der Waals surface area contributed by atoms with E-state index in [9.17, 15) is 13.2 Å². The SMILES string of the molecule is FC(F)(F)c1ccc2nc(-c3cncnc3)cnc2c1. The molecule has 0 radical (unpaired) electrons. The van der Waals surface area contributed by atoms with Gasteiger partial charge in [0, 0.05) is 18.0 Å². The summed E-state index contributed by atoms with van der Waals surface area (Å²) in [4.78, 5) is 16.0. The Morgan fingerprint density at radius 3 is 2.35 bits per heavy atom. The molecule has 0 aliphatic rings. The molecule has 0 aliphatic heterocycles. The van der Waals surface area contributed by atoms with Crippen molar-refractivity contribution < 1.29 is 13.2 Å². The topological polar surface area (TPSA) is 51.6 Å². The van der Waals surface area contributed by atoms with Gasteiger partial charge in [-0.25, -0.2) is 15.0 Å². The maximum absolute atomic E-state index is 12.6. The highest BCUT2D eigenvalue weighted by atomic mass is 19.4. The first-order valence-electron chi connectivity index (χ1n) is 5.63. The first-order chi connectivity index (χ1) is 9.54. The predicted octanol–water partition coefficient (Wildman–Crippen LogP) is 3.11. The van der Waals surface area contributed by atoms with Crippen LogP contribution in [0.3, 0.4) is 0 Å². The highest BCUT2D eigenvalue weighted by molar-refractivity contribution is 5.77. The molecule has 0 aliphatic carbocycles. The van der Waals surface area contributed by atoms with Gasteiger partial charge in [-0.1, -0.05) is 0 Å². The van der Waals surface area contributed by atoms with Gasteiger partial charge in [-0.3, -0.25) is 4.98 Å². The molecular formula is C13H7F3N4. The molecule has 4 nitrogen and oxygen atoms in total. The van der Waals surface area contributed by atoms with Crippen molar-refractivity contribution in [3.8, 4) is 11.3 Å². The summed E-state index contributed by atoms with van der Waals surface area (Å²) in [7, 11) is 0. The number of hydrogen-bond acceptors (Lipinski definition) is 4. The van der Waals surface area contributed by atoms with E-state index in [0.717, 1.165) is 12.1 Å². The fraction of sp³-hybridized carbons (Fsp3) is 0.0769. The van der Waals surface area contributed by atoms with Crippen molar-refractivity contribution in [3.05, 3.63) is 48.7 Å². The Bertz CT molecular complexity index is 756. The number of benzene rings is 1. The molecule has 7 heteroatoms. The number of rotatable bonds is 1. The lowest BCUT2D eigenvalue weighted by atomic mass is 10.1. The van der Waals surface area contributed by atoms with Crippen molar-refractivity contribution in [2.75, 3.05) is 0 Å². The average molecular weight is 276 g/mol. The third-order valence-corrected chi connectivity index (χ3v) is 2.73. The number of nitrogens with zero attached hydrogens (tertiary/aromatic N) is 4. The van der Waals surface area contributed by atoms with Crippen LogP contribution in [0.25, 0.3) is 22.3 Å². The molecule has 0 saturated heterocycles. The number of hydrogen-bond donors (Lipinski definition) is 0. The summed E-state index contributed by atoms with van der Waals surface area (Å²) in [5.41, 5.74) is 1.01. The molecule has 0 fully saturated rings. The Morgan fingerprint density at radius 2 is 1.65 bits per heavy atom. The van der Waals surface area contributed by atoms with Crippen molar-refractivity contribution in [1.82, 2.24) is 19.9 Å². The lowest BCUT2D eigenvalue weighted by Gasteiger charge is -2.07. The largest absolute Gasteiger partial charge is 0.416 e. The van der Waals surface area contributed by atoms with Gasteiger partial charge in [-0.2, -0.15) is 13.2 Å². The third-order valence-electron chi connectivity index (χ3n) is 2.73. The normalized spacial score (nSPS) is 11.8. The van der Waals surface area contributed by atoms with Crippen molar-refractivity contribution >= 4 is 11.0 Å². The molecule has 3 rings (SSSR count). The number of halogens is 3. The van der Waals surface area contributed by atoms with Gasteiger partial charge in [-0.15, -0.1) is 0 Å². The van der Waals surface area contributed by atoms with Crippen molar-refractivity contribution in [1.29, 1.82) is 0 Å². The van der Waals surface area contributed by atoms with Gasteiger partial charge in [0.2, 0.25) is 0 Å². The molecule has 2 aromatic heterocycles. The van der Waals surface area contributed by atoms with E-state index in [2.05, 4.69) is 19.9 Å². The van der Waals surface area contributed by atoms with Gasteiger partial charge in [0.25, 0.3) is 0 Å². The van der Waals surface area contributed by atoms with E-state index in [-0.39, 0.29) is 5.52 Å². The summed E-state index contributed by atoms with van der Waals surface area (Å²) in [6, 6.07) is 3.27. The zero-order chi connectivity index (χ0) is 14.2. The van der Waals surface area contributed by atoms with Crippen molar-refractivity contribution in [2.45, 2.75) is 6.18 Å². The molecule has 0 spiro atoms. The van der Waals surface area contributed by atoms with Crippen LogP contribution in [0.2, 0.25) is 0 Å². The fourth-order valence-electron chi connectivity index (χ4n) is 1.76. The lowest BCUT2D eigenvalue weighted by molar-refractivity contribution is -0.137. The van der Waals surface area contributed by atoms with E-state index in [1.165, 1.54) is 18.6 Å². The van der Waals surface area contributed by atoms with Crippen LogP contribution in [0.5, 0.6) is 0 Å². The maximum atomic E-state index is 12.6. The smallest absolute Gasteiger partial charge is 0.252 e. The van der Waals surface area contributed by atoms with Gasteiger partial charge in [0.05, 0.1) is 28.5 Å². The molecule has 0 saturated carbocycles. The van der Waals surface area contributed by atoms with Crippen LogP contribution in [0.15, 0.2) is 43.1 Å². The van der Waals surface area contributed by atoms with Gasteiger partial charge in [-0.05, 0) is 18.2 Å². The molecule has 0 amide bonds. The predicted molar refractivity (Wildman–Crippen MR) is 65.6 cm³/mol. The molecule has 3 aromatic rings. The summed E-state index contributed by atoms with van der Waals surface area (Å²) < 4.78 is 37.8. The summed E-state index contributed by atoms with van der Waals surface area (Å²) in [6.45, 7) is 0. The van der Waals surface area contributed by atoms with E-state index < -0.39 is 11.7 Å². The average Bonchev–Trinajstić information content (AvgIpc) is 2.46. The Morgan fingerprint density at radius 1 is 0.900 bits per heavy atom. The van der Waals surface area contributed by atoms with Gasteiger partial charge < -0.3 is 0 Å². The first-order valence-corrected chi connectivity index (χ1v) is 5.63. The van der Waals surface area contributed by atoms with Crippen LogP contribution in [-0.2, 0) is 6.18 Å².